The molecule has 10 heteroatoms. The molecule has 2 N–H and O–H groups in total. The normalized spacial score (nSPS) is 11.2. The van der Waals surface area contributed by atoms with Gasteiger partial charge in [-0.1, -0.05) is 18.2 Å². The third-order valence-corrected chi connectivity index (χ3v) is 4.65. The Bertz CT molecular complexity index is 1200. The van der Waals surface area contributed by atoms with Gasteiger partial charge in [0.05, 0.1) is 22.2 Å². The van der Waals surface area contributed by atoms with Gasteiger partial charge in [-0.15, -0.1) is 0 Å². The van der Waals surface area contributed by atoms with Crippen molar-refractivity contribution >= 4 is 40.6 Å². The maximum absolute atomic E-state index is 12.0. The zero-order valence-corrected chi connectivity index (χ0v) is 15.6. The summed E-state index contributed by atoms with van der Waals surface area (Å²) in [5.74, 6) is -0.128. The van der Waals surface area contributed by atoms with Crippen molar-refractivity contribution in [2.75, 3.05) is 0 Å². The van der Waals surface area contributed by atoms with E-state index in [2.05, 4.69) is 20.5 Å². The number of nitro benzene ring substituents is 1. The molecule has 0 radical (unpaired) electrons. The molecule has 0 saturated heterocycles. The van der Waals surface area contributed by atoms with Gasteiger partial charge in [-0.2, -0.15) is 5.10 Å². The van der Waals surface area contributed by atoms with Gasteiger partial charge >= 0.3 is 0 Å². The third-order valence-electron chi connectivity index (χ3n) is 3.84. The fourth-order valence-corrected chi connectivity index (χ4v) is 3.28. The zero-order chi connectivity index (χ0) is 20.2. The summed E-state index contributed by atoms with van der Waals surface area (Å²) in [6.07, 6.45) is 1.35. The van der Waals surface area contributed by atoms with Crippen LogP contribution in [0.1, 0.15) is 16.1 Å². The van der Waals surface area contributed by atoms with Crippen LogP contribution in [0.3, 0.4) is 0 Å². The van der Waals surface area contributed by atoms with Crippen LogP contribution in [0.2, 0.25) is 0 Å². The van der Waals surface area contributed by atoms with Gasteiger partial charge in [-0.05, 0) is 42.1 Å². The van der Waals surface area contributed by atoms with Gasteiger partial charge < -0.3 is 9.40 Å². The van der Waals surface area contributed by atoms with Crippen LogP contribution >= 0.6 is 11.8 Å². The molecular formula is C19H13N5O4S. The standard InChI is InChI=1S/C19H13N5O4S/c25-18(12-4-3-5-13(10-12)24(26)27)23-20-11-14-8-9-17(28-14)29-19-21-15-6-1-2-7-16(15)22-19/h1-11H,(H,21,22)(H,23,25)/b20-11+. The van der Waals surface area contributed by atoms with Crippen molar-refractivity contribution in [2.45, 2.75) is 10.2 Å². The lowest BCUT2D eigenvalue weighted by molar-refractivity contribution is -0.384. The van der Waals surface area contributed by atoms with E-state index in [1.165, 1.54) is 42.2 Å². The largest absolute Gasteiger partial charge is 0.448 e. The number of para-hydroxylation sites is 2. The number of H-pyrrole nitrogens is 1. The summed E-state index contributed by atoms with van der Waals surface area (Å²) < 4.78 is 5.63. The Kier molecular flexibility index (Phi) is 5.08. The smallest absolute Gasteiger partial charge is 0.271 e. The van der Waals surface area contributed by atoms with Crippen LogP contribution < -0.4 is 5.43 Å². The number of imidazole rings is 1. The number of non-ortho nitro benzene ring substituents is 1. The minimum atomic E-state index is -0.565. The highest BCUT2D eigenvalue weighted by Crippen LogP contribution is 2.28. The van der Waals surface area contributed by atoms with E-state index in [4.69, 9.17) is 4.42 Å². The first-order valence-corrected chi connectivity index (χ1v) is 9.20. The van der Waals surface area contributed by atoms with E-state index in [0.29, 0.717) is 16.0 Å². The van der Waals surface area contributed by atoms with Gasteiger partial charge in [0.15, 0.2) is 10.2 Å². The number of amides is 1. The number of aromatic amines is 1. The van der Waals surface area contributed by atoms with Crippen LogP contribution in [-0.2, 0) is 0 Å². The van der Waals surface area contributed by atoms with Gasteiger partial charge in [0.1, 0.15) is 5.76 Å². The molecule has 9 nitrogen and oxygen atoms in total. The molecule has 144 valence electrons. The summed E-state index contributed by atoms with van der Waals surface area (Å²) in [7, 11) is 0. The second-order valence-electron chi connectivity index (χ2n) is 5.82. The molecule has 0 fully saturated rings. The first-order valence-electron chi connectivity index (χ1n) is 8.39. The van der Waals surface area contributed by atoms with Gasteiger partial charge in [0.2, 0.25) is 0 Å². The molecule has 0 bridgehead atoms. The topological polar surface area (TPSA) is 126 Å². The van der Waals surface area contributed by atoms with Crippen molar-refractivity contribution in [3.8, 4) is 0 Å². The van der Waals surface area contributed by atoms with Crippen LogP contribution in [0, 0.1) is 10.1 Å². The highest BCUT2D eigenvalue weighted by atomic mass is 32.2. The lowest BCUT2D eigenvalue weighted by Crippen LogP contribution is -2.17. The number of furan rings is 1. The number of aromatic nitrogens is 2. The summed E-state index contributed by atoms with van der Waals surface area (Å²) in [5, 5.41) is 15.9. The van der Waals surface area contributed by atoms with Gasteiger partial charge in [0.25, 0.3) is 11.6 Å². The fraction of sp³-hybridized carbons (Fsp3) is 0. The molecule has 0 aliphatic carbocycles. The van der Waals surface area contributed by atoms with E-state index in [1.54, 1.807) is 12.1 Å². The van der Waals surface area contributed by atoms with Crippen LogP contribution in [0.4, 0.5) is 5.69 Å². The predicted molar refractivity (Wildman–Crippen MR) is 107 cm³/mol. The SMILES string of the molecule is O=C(N/N=C/c1ccc(Sc2nc3ccccc3[nH]2)o1)c1cccc([N+](=O)[O-])c1. The number of nitrogens with one attached hydrogen (secondary N) is 2. The Morgan fingerprint density at radius 1 is 1.21 bits per heavy atom. The van der Waals surface area contributed by atoms with E-state index >= 15 is 0 Å². The minimum Gasteiger partial charge on any atom is -0.448 e. The molecule has 0 aliphatic heterocycles. The Morgan fingerprint density at radius 2 is 2.07 bits per heavy atom. The average Bonchev–Trinajstić information content (AvgIpc) is 3.34. The third kappa shape index (κ3) is 4.33. The number of carbonyl (C=O) groups excluding carboxylic acids is 1. The average molecular weight is 407 g/mol. The van der Waals surface area contributed by atoms with Crippen molar-refractivity contribution in [2.24, 2.45) is 5.10 Å². The second kappa shape index (κ2) is 7.98. The quantitative estimate of drug-likeness (QED) is 0.283. The van der Waals surface area contributed by atoms with E-state index < -0.39 is 10.8 Å². The summed E-state index contributed by atoms with van der Waals surface area (Å²) in [6, 6.07) is 16.6. The maximum atomic E-state index is 12.0. The molecule has 2 heterocycles. The molecule has 1 amide bonds. The molecule has 0 unspecified atom stereocenters. The number of rotatable bonds is 6. The van der Waals surface area contributed by atoms with Crippen molar-refractivity contribution < 1.29 is 14.1 Å². The van der Waals surface area contributed by atoms with Crippen LogP contribution in [0.15, 0.2) is 80.4 Å². The van der Waals surface area contributed by atoms with E-state index in [1.807, 2.05) is 24.3 Å². The Morgan fingerprint density at radius 3 is 2.90 bits per heavy atom. The van der Waals surface area contributed by atoms with Crippen molar-refractivity contribution in [1.82, 2.24) is 15.4 Å². The van der Waals surface area contributed by atoms with E-state index in [-0.39, 0.29) is 11.3 Å². The first-order chi connectivity index (χ1) is 14.1. The zero-order valence-electron chi connectivity index (χ0n) is 14.7. The lowest BCUT2D eigenvalue weighted by atomic mass is 10.2. The van der Waals surface area contributed by atoms with Crippen LogP contribution in [0.25, 0.3) is 11.0 Å². The number of nitro groups is 1. The number of hydrogen-bond donors (Lipinski definition) is 2. The van der Waals surface area contributed by atoms with Crippen molar-refractivity contribution in [3.63, 3.8) is 0 Å². The predicted octanol–water partition coefficient (Wildman–Crippen LogP) is 3.98. The Hall–Kier alpha value is -3.92. The van der Waals surface area contributed by atoms with Crippen LogP contribution in [0.5, 0.6) is 0 Å². The van der Waals surface area contributed by atoms with Crippen LogP contribution in [-0.4, -0.2) is 27.0 Å². The summed E-state index contributed by atoms with van der Waals surface area (Å²) in [6.45, 7) is 0. The van der Waals surface area contributed by atoms with Crippen molar-refractivity contribution in [1.29, 1.82) is 0 Å². The van der Waals surface area contributed by atoms with Gasteiger partial charge in [-0.3, -0.25) is 14.9 Å². The molecule has 2 aromatic heterocycles. The summed E-state index contributed by atoms with van der Waals surface area (Å²) in [4.78, 5) is 29.9. The number of fused-ring (bicyclic) bond motifs is 1. The second-order valence-corrected chi connectivity index (χ2v) is 6.82. The first kappa shape index (κ1) is 18.4. The van der Waals surface area contributed by atoms with Gasteiger partial charge in [-0.25, -0.2) is 10.4 Å². The number of nitrogens with zero attached hydrogens (tertiary/aromatic N) is 3. The Balaban J connectivity index is 1.38. The highest BCUT2D eigenvalue weighted by molar-refractivity contribution is 7.99. The molecule has 2 aromatic carbocycles. The molecule has 0 saturated carbocycles. The molecule has 4 aromatic rings. The summed E-state index contributed by atoms with van der Waals surface area (Å²) >= 11 is 1.33. The number of carbonyl (C=O) groups is 1. The molecule has 0 atom stereocenters. The lowest BCUT2D eigenvalue weighted by Gasteiger charge is -1.99. The minimum absolute atomic E-state index is 0.136. The van der Waals surface area contributed by atoms with Gasteiger partial charge in [0, 0.05) is 17.7 Å². The maximum Gasteiger partial charge on any atom is 0.271 e. The van der Waals surface area contributed by atoms with E-state index in [0.717, 1.165) is 11.0 Å². The van der Waals surface area contributed by atoms with Crippen molar-refractivity contribution in [3.05, 3.63) is 82.1 Å². The Labute approximate surface area is 168 Å². The monoisotopic (exact) mass is 407 g/mol. The van der Waals surface area contributed by atoms with E-state index in [9.17, 15) is 14.9 Å². The fourth-order valence-electron chi connectivity index (χ4n) is 2.51. The molecular weight excluding hydrogens is 394 g/mol. The number of hydrazone groups is 1. The molecule has 29 heavy (non-hydrogen) atoms. The number of hydrogen-bond acceptors (Lipinski definition) is 7. The summed E-state index contributed by atoms with van der Waals surface area (Å²) in [5.41, 5.74) is 4.09. The molecule has 0 aliphatic rings. The molecule has 0 spiro atoms. The number of benzene rings is 2. The molecule has 4 rings (SSSR count). The highest BCUT2D eigenvalue weighted by Gasteiger charge is 2.11.